The zero-order valence-electron chi connectivity index (χ0n) is 8.78. The highest BCUT2D eigenvalue weighted by atomic mass is 15.0. The van der Waals surface area contributed by atoms with E-state index in [-0.39, 0.29) is 0 Å². The zero-order valence-corrected chi connectivity index (χ0v) is 8.78. The monoisotopic (exact) mass is 210 g/mol. The Hall–Kier alpha value is -2.23. The van der Waals surface area contributed by atoms with Crippen LogP contribution in [0.15, 0.2) is 35.6 Å². The smallest absolute Gasteiger partial charge is 0.104 e. The third kappa shape index (κ3) is 1.07. The minimum absolute atomic E-state index is 0.689. The second-order valence-corrected chi connectivity index (χ2v) is 3.76. The van der Waals surface area contributed by atoms with E-state index in [4.69, 9.17) is 5.53 Å². The Balaban J connectivity index is 2.57. The van der Waals surface area contributed by atoms with Crippen LogP contribution in [-0.4, -0.2) is 9.97 Å². The summed E-state index contributed by atoms with van der Waals surface area (Å²) in [4.78, 5) is 7.45. The van der Waals surface area contributed by atoms with Crippen molar-refractivity contribution < 1.29 is 0 Å². The zero-order chi connectivity index (χ0) is 11.1. The van der Waals surface area contributed by atoms with Crippen molar-refractivity contribution >= 4 is 16.5 Å². The summed E-state index contributed by atoms with van der Waals surface area (Å²) in [6.45, 7) is 1.92. The molecule has 0 saturated carbocycles. The first kappa shape index (κ1) is 9.03. The quantitative estimate of drug-likeness (QED) is 0.591. The van der Waals surface area contributed by atoms with Crippen LogP contribution >= 0.6 is 0 Å². The standard InChI is InChI=1S/C12H10N4/c1-7-14-6-10-11(15-7)8-4-2-3-5-9(8)12(10)16-13/h2-6,13H,1H3,(H,14,15). The third-order valence-corrected chi connectivity index (χ3v) is 2.78. The number of aromatic amines is 1. The van der Waals surface area contributed by atoms with E-state index in [0.717, 1.165) is 27.9 Å². The maximum Gasteiger partial charge on any atom is 0.104 e. The molecule has 1 aliphatic heterocycles. The molecule has 16 heavy (non-hydrogen) atoms. The normalized spacial score (nSPS) is 11.1. The van der Waals surface area contributed by atoms with Crippen LogP contribution in [0, 0.1) is 12.5 Å². The lowest BCUT2D eigenvalue weighted by atomic mass is 10.2. The van der Waals surface area contributed by atoms with E-state index in [1.165, 1.54) is 0 Å². The van der Waals surface area contributed by atoms with Crippen molar-refractivity contribution in [3.05, 3.63) is 36.3 Å². The average Bonchev–Trinajstić information content (AvgIpc) is 2.62. The molecular weight excluding hydrogens is 200 g/mol. The Bertz CT molecular complexity index is 653. The molecule has 0 aromatic heterocycles. The van der Waals surface area contributed by atoms with Gasteiger partial charge in [-0.05, 0) is 6.92 Å². The van der Waals surface area contributed by atoms with Gasteiger partial charge in [0.15, 0.2) is 0 Å². The highest BCUT2D eigenvalue weighted by molar-refractivity contribution is 6.10. The van der Waals surface area contributed by atoms with Crippen molar-refractivity contribution in [1.82, 2.24) is 9.97 Å². The largest absolute Gasteiger partial charge is 0.343 e. The number of fused-ring (bicyclic) bond motifs is 3. The minimum Gasteiger partial charge on any atom is -0.343 e. The third-order valence-electron chi connectivity index (χ3n) is 2.78. The molecule has 0 spiro atoms. The van der Waals surface area contributed by atoms with Crippen LogP contribution in [0.4, 0.5) is 5.69 Å². The molecule has 1 aromatic carbocycles. The van der Waals surface area contributed by atoms with Gasteiger partial charge in [0.05, 0.1) is 5.69 Å². The summed E-state index contributed by atoms with van der Waals surface area (Å²) in [5.41, 5.74) is 9.86. The van der Waals surface area contributed by atoms with E-state index in [1.54, 1.807) is 6.20 Å². The van der Waals surface area contributed by atoms with E-state index in [0.29, 0.717) is 5.69 Å². The van der Waals surface area contributed by atoms with Crippen LogP contribution in [0.3, 0.4) is 0 Å². The number of hydrogen-bond donors (Lipinski definition) is 2. The molecule has 4 heteroatoms. The molecule has 0 saturated heterocycles. The molecule has 1 aliphatic carbocycles. The number of rotatable bonds is 1. The molecule has 0 radical (unpaired) electrons. The first-order chi connectivity index (χ1) is 7.81. The van der Waals surface area contributed by atoms with Crippen molar-refractivity contribution in [3.8, 4) is 11.3 Å². The van der Waals surface area contributed by atoms with E-state index >= 15 is 0 Å². The van der Waals surface area contributed by atoms with Gasteiger partial charge in [-0.3, -0.25) is 0 Å². The van der Waals surface area contributed by atoms with E-state index in [1.807, 2.05) is 31.2 Å². The first-order valence-electron chi connectivity index (χ1n) is 5.05. The van der Waals surface area contributed by atoms with E-state index in [9.17, 15) is 0 Å². The molecule has 1 aromatic rings. The Kier molecular flexibility index (Phi) is 1.77. The van der Waals surface area contributed by atoms with Gasteiger partial charge in [0.2, 0.25) is 0 Å². The molecule has 3 rings (SSSR count). The molecule has 0 fully saturated rings. The van der Waals surface area contributed by atoms with Gasteiger partial charge >= 0.3 is 0 Å². The van der Waals surface area contributed by atoms with Gasteiger partial charge in [0.25, 0.3) is 0 Å². The van der Waals surface area contributed by atoms with Crippen LogP contribution in [0.5, 0.6) is 0 Å². The molecule has 0 atom stereocenters. The maximum absolute atomic E-state index is 7.26. The number of H-pyrrole nitrogens is 1. The van der Waals surface area contributed by atoms with Crippen molar-refractivity contribution in [2.45, 2.75) is 6.92 Å². The number of benzene rings is 1. The molecule has 2 aliphatic rings. The van der Waals surface area contributed by atoms with Gasteiger partial charge in [0, 0.05) is 22.5 Å². The summed E-state index contributed by atoms with van der Waals surface area (Å²) >= 11 is 0. The van der Waals surface area contributed by atoms with Crippen LogP contribution in [0.1, 0.15) is 5.82 Å². The lowest BCUT2D eigenvalue weighted by molar-refractivity contribution is 1.06. The molecule has 0 bridgehead atoms. The first-order valence-corrected chi connectivity index (χ1v) is 5.05. The summed E-state index contributed by atoms with van der Waals surface area (Å²) in [6, 6.07) is 7.95. The second kappa shape index (κ2) is 3.13. The fraction of sp³-hybridized carbons (Fsp3) is 0.0833. The van der Waals surface area contributed by atoms with Crippen LogP contribution in [0.25, 0.3) is 22.0 Å². The molecular formula is C12H10N4. The molecule has 1 heterocycles. The van der Waals surface area contributed by atoms with Gasteiger partial charge in [-0.1, -0.05) is 24.3 Å². The predicted octanol–water partition coefficient (Wildman–Crippen LogP) is 3.64. The summed E-state index contributed by atoms with van der Waals surface area (Å²) in [5.74, 6) is 0.861. The van der Waals surface area contributed by atoms with Crippen molar-refractivity contribution in [3.63, 3.8) is 0 Å². The number of hydrogen-bond acceptors (Lipinski definition) is 3. The van der Waals surface area contributed by atoms with Gasteiger partial charge in [-0.15, -0.1) is 0 Å². The molecule has 2 N–H and O–H groups in total. The van der Waals surface area contributed by atoms with Crippen molar-refractivity contribution in [2.75, 3.05) is 0 Å². The van der Waals surface area contributed by atoms with E-state index in [2.05, 4.69) is 15.1 Å². The Labute approximate surface area is 92.2 Å². The summed E-state index contributed by atoms with van der Waals surface area (Å²) < 4.78 is 0. The Morgan fingerprint density at radius 2 is 2.00 bits per heavy atom. The van der Waals surface area contributed by atoms with Gasteiger partial charge in [-0.25, -0.2) is 10.5 Å². The molecule has 4 nitrogen and oxygen atoms in total. The molecule has 78 valence electrons. The van der Waals surface area contributed by atoms with Crippen LogP contribution in [-0.2, 0) is 0 Å². The van der Waals surface area contributed by atoms with Crippen molar-refractivity contribution in [2.24, 2.45) is 5.11 Å². The highest BCUT2D eigenvalue weighted by Gasteiger charge is 2.17. The van der Waals surface area contributed by atoms with Crippen LogP contribution < -0.4 is 0 Å². The second-order valence-electron chi connectivity index (χ2n) is 3.76. The summed E-state index contributed by atoms with van der Waals surface area (Å²) in [7, 11) is 0. The average molecular weight is 210 g/mol. The number of nitrogens with one attached hydrogen (secondary N) is 2. The number of nitrogens with zero attached hydrogens (tertiary/aromatic N) is 2. The highest BCUT2D eigenvalue weighted by Crippen LogP contribution is 2.42. The van der Waals surface area contributed by atoms with Crippen molar-refractivity contribution in [1.29, 1.82) is 5.53 Å². The summed E-state index contributed by atoms with van der Waals surface area (Å²) in [5, 5.41) is 5.69. The molecule has 0 amide bonds. The van der Waals surface area contributed by atoms with Gasteiger partial charge in [0.1, 0.15) is 11.5 Å². The predicted molar refractivity (Wildman–Crippen MR) is 62.3 cm³/mol. The Morgan fingerprint density at radius 1 is 1.25 bits per heavy atom. The SMILES string of the molecule is Cc1ncc2c(N=N)c3ccccc3c-2[nH]1. The number of aromatic nitrogens is 2. The topological polar surface area (TPSA) is 64.9 Å². The number of aryl methyl sites for hydroxylation is 1. The van der Waals surface area contributed by atoms with Crippen LogP contribution in [0.2, 0.25) is 0 Å². The maximum atomic E-state index is 7.26. The summed E-state index contributed by atoms with van der Waals surface area (Å²) in [6.07, 6.45) is 1.77. The lowest BCUT2D eigenvalue weighted by Gasteiger charge is -2.01. The van der Waals surface area contributed by atoms with Gasteiger partial charge < -0.3 is 4.98 Å². The minimum atomic E-state index is 0.689. The lowest BCUT2D eigenvalue weighted by Crippen LogP contribution is -1.89. The molecule has 0 unspecified atom stereocenters. The van der Waals surface area contributed by atoms with E-state index < -0.39 is 0 Å². The van der Waals surface area contributed by atoms with Gasteiger partial charge in [-0.2, -0.15) is 5.11 Å². The fourth-order valence-corrected chi connectivity index (χ4v) is 2.07. The fourth-order valence-electron chi connectivity index (χ4n) is 2.07. The Morgan fingerprint density at radius 3 is 2.75 bits per heavy atom.